The summed E-state index contributed by atoms with van der Waals surface area (Å²) >= 11 is 2.34. The smallest absolute Gasteiger partial charge is 0.0130 e. The van der Waals surface area contributed by atoms with E-state index in [0.717, 1.165) is 0 Å². The van der Waals surface area contributed by atoms with Crippen molar-refractivity contribution in [1.29, 1.82) is 0 Å². The Morgan fingerprint density at radius 3 is 2.31 bits per heavy atom. The molecule has 0 radical (unpaired) electrons. The van der Waals surface area contributed by atoms with Gasteiger partial charge in [0.1, 0.15) is 0 Å². The summed E-state index contributed by atoms with van der Waals surface area (Å²) in [6, 6.07) is 8.78. The van der Waals surface area contributed by atoms with Crippen LogP contribution in [-0.4, -0.2) is 25.5 Å². The molecule has 0 fully saturated rings. The van der Waals surface area contributed by atoms with E-state index < -0.39 is 0 Å². The monoisotopic (exact) mass is 289 g/mol. The van der Waals surface area contributed by atoms with Crippen LogP contribution < -0.4 is 0 Å². The summed E-state index contributed by atoms with van der Waals surface area (Å²) in [5, 5.41) is 0. The van der Waals surface area contributed by atoms with E-state index in [9.17, 15) is 0 Å². The largest absolute Gasteiger partial charge is 0.309 e. The van der Waals surface area contributed by atoms with E-state index in [-0.39, 0.29) is 0 Å². The minimum atomic E-state index is 1.17. The summed E-state index contributed by atoms with van der Waals surface area (Å²) in [6.07, 6.45) is 2.43. The van der Waals surface area contributed by atoms with Gasteiger partial charge in [-0.1, -0.05) is 12.1 Å². The van der Waals surface area contributed by atoms with Crippen LogP contribution in [0.3, 0.4) is 0 Å². The van der Waals surface area contributed by atoms with Crippen LogP contribution >= 0.6 is 22.6 Å². The van der Waals surface area contributed by atoms with Gasteiger partial charge in [-0.25, -0.2) is 0 Å². The predicted molar refractivity (Wildman–Crippen MR) is 66.0 cm³/mol. The van der Waals surface area contributed by atoms with E-state index >= 15 is 0 Å². The maximum atomic E-state index is 2.34. The Bertz CT molecular complexity index is 241. The minimum Gasteiger partial charge on any atom is -0.309 e. The maximum absolute atomic E-state index is 2.34. The van der Waals surface area contributed by atoms with Crippen molar-refractivity contribution in [1.82, 2.24) is 4.90 Å². The van der Waals surface area contributed by atoms with Crippen LogP contribution in [-0.2, 0) is 6.42 Å². The van der Waals surface area contributed by atoms with Crippen LogP contribution in [0.4, 0.5) is 0 Å². The molecule has 0 heterocycles. The first kappa shape index (κ1) is 11.0. The third-order valence-corrected chi connectivity index (χ3v) is 2.70. The van der Waals surface area contributed by atoms with Crippen molar-refractivity contribution in [2.24, 2.45) is 0 Å². The molecule has 0 N–H and O–H groups in total. The van der Waals surface area contributed by atoms with Crippen molar-refractivity contribution >= 4 is 22.6 Å². The molecule has 0 amide bonds. The van der Waals surface area contributed by atoms with E-state index in [1.165, 1.54) is 28.5 Å². The minimum absolute atomic E-state index is 1.17. The van der Waals surface area contributed by atoms with Gasteiger partial charge in [-0.05, 0) is 73.8 Å². The lowest BCUT2D eigenvalue weighted by atomic mass is 10.1. The van der Waals surface area contributed by atoms with Crippen molar-refractivity contribution < 1.29 is 0 Å². The highest BCUT2D eigenvalue weighted by molar-refractivity contribution is 14.1. The first-order valence-corrected chi connectivity index (χ1v) is 5.65. The number of rotatable bonds is 4. The first-order chi connectivity index (χ1) is 6.18. The molecule has 1 rings (SSSR count). The standard InChI is InChI=1S/C11H16IN/c1-13(2)9-3-4-10-5-7-11(12)8-6-10/h5-8H,3-4,9H2,1-2H3. The molecule has 0 saturated carbocycles. The Hall–Kier alpha value is -0.0900. The molecule has 1 aromatic carbocycles. The lowest BCUT2D eigenvalue weighted by molar-refractivity contribution is 0.400. The number of aryl methyl sites for hydroxylation is 1. The van der Waals surface area contributed by atoms with Crippen molar-refractivity contribution in [3.8, 4) is 0 Å². The van der Waals surface area contributed by atoms with Crippen LogP contribution in [0.25, 0.3) is 0 Å². The topological polar surface area (TPSA) is 3.24 Å². The molecule has 0 spiro atoms. The van der Waals surface area contributed by atoms with Crippen LogP contribution in [0.5, 0.6) is 0 Å². The highest BCUT2D eigenvalue weighted by Gasteiger charge is 1.94. The van der Waals surface area contributed by atoms with Crippen molar-refractivity contribution in [2.45, 2.75) is 12.8 Å². The van der Waals surface area contributed by atoms with Crippen molar-refractivity contribution in [3.63, 3.8) is 0 Å². The molecule has 13 heavy (non-hydrogen) atoms. The van der Waals surface area contributed by atoms with Crippen LogP contribution in [0, 0.1) is 3.57 Å². The van der Waals surface area contributed by atoms with Gasteiger partial charge in [-0.15, -0.1) is 0 Å². The van der Waals surface area contributed by atoms with Gasteiger partial charge in [0, 0.05) is 3.57 Å². The van der Waals surface area contributed by atoms with E-state index in [1.807, 2.05) is 0 Å². The summed E-state index contributed by atoms with van der Waals surface area (Å²) in [5.74, 6) is 0. The van der Waals surface area contributed by atoms with Crippen molar-refractivity contribution in [2.75, 3.05) is 20.6 Å². The Labute approximate surface area is 94.3 Å². The molecular formula is C11H16IN. The fourth-order valence-electron chi connectivity index (χ4n) is 1.25. The molecule has 0 bridgehead atoms. The second kappa shape index (κ2) is 5.60. The summed E-state index contributed by atoms with van der Waals surface area (Å²) < 4.78 is 1.31. The predicted octanol–water partition coefficient (Wildman–Crippen LogP) is 2.79. The molecular weight excluding hydrogens is 273 g/mol. The third kappa shape index (κ3) is 4.62. The number of hydrogen-bond acceptors (Lipinski definition) is 1. The van der Waals surface area contributed by atoms with Gasteiger partial charge in [0.05, 0.1) is 0 Å². The highest BCUT2D eigenvalue weighted by Crippen LogP contribution is 2.08. The fourth-order valence-corrected chi connectivity index (χ4v) is 1.61. The quantitative estimate of drug-likeness (QED) is 0.770. The second-order valence-corrected chi connectivity index (χ2v) is 4.78. The molecule has 0 aliphatic heterocycles. The third-order valence-electron chi connectivity index (χ3n) is 1.98. The highest BCUT2D eigenvalue weighted by atomic mass is 127. The molecule has 1 nitrogen and oxygen atoms in total. The average Bonchev–Trinajstić information content (AvgIpc) is 2.08. The fraction of sp³-hybridized carbons (Fsp3) is 0.455. The van der Waals surface area contributed by atoms with E-state index in [2.05, 4.69) is 65.9 Å². The number of hydrogen-bond donors (Lipinski definition) is 0. The molecule has 72 valence electrons. The van der Waals surface area contributed by atoms with Crippen LogP contribution in [0.1, 0.15) is 12.0 Å². The van der Waals surface area contributed by atoms with Crippen LogP contribution in [0.2, 0.25) is 0 Å². The second-order valence-electron chi connectivity index (χ2n) is 3.53. The van der Waals surface area contributed by atoms with Gasteiger partial charge in [0.25, 0.3) is 0 Å². The van der Waals surface area contributed by atoms with Gasteiger partial charge in [0.15, 0.2) is 0 Å². The Balaban J connectivity index is 2.33. The Kier molecular flexibility index (Phi) is 4.73. The summed E-state index contributed by atoms with van der Waals surface area (Å²) in [4.78, 5) is 2.23. The van der Waals surface area contributed by atoms with Gasteiger partial charge >= 0.3 is 0 Å². The van der Waals surface area contributed by atoms with Crippen LogP contribution in [0.15, 0.2) is 24.3 Å². The van der Waals surface area contributed by atoms with Gasteiger partial charge in [0.2, 0.25) is 0 Å². The van der Waals surface area contributed by atoms with E-state index in [0.29, 0.717) is 0 Å². The molecule has 0 saturated heterocycles. The molecule has 0 aliphatic carbocycles. The van der Waals surface area contributed by atoms with E-state index in [4.69, 9.17) is 0 Å². The zero-order valence-electron chi connectivity index (χ0n) is 8.26. The Morgan fingerprint density at radius 2 is 1.77 bits per heavy atom. The lowest BCUT2D eigenvalue weighted by Crippen LogP contribution is -2.13. The molecule has 0 aliphatic rings. The van der Waals surface area contributed by atoms with Crippen molar-refractivity contribution in [3.05, 3.63) is 33.4 Å². The molecule has 2 heteroatoms. The first-order valence-electron chi connectivity index (χ1n) is 4.57. The number of benzene rings is 1. The zero-order chi connectivity index (χ0) is 9.68. The Morgan fingerprint density at radius 1 is 1.15 bits per heavy atom. The molecule has 1 aromatic rings. The zero-order valence-corrected chi connectivity index (χ0v) is 10.4. The van der Waals surface area contributed by atoms with Gasteiger partial charge in [-0.3, -0.25) is 0 Å². The van der Waals surface area contributed by atoms with E-state index in [1.54, 1.807) is 0 Å². The normalized spacial score (nSPS) is 10.8. The molecule has 0 atom stereocenters. The maximum Gasteiger partial charge on any atom is 0.0130 e. The summed E-state index contributed by atoms with van der Waals surface area (Å²) in [7, 11) is 4.24. The van der Waals surface area contributed by atoms with Gasteiger partial charge < -0.3 is 4.90 Å². The number of nitrogens with zero attached hydrogens (tertiary/aromatic N) is 1. The van der Waals surface area contributed by atoms with Gasteiger partial charge in [-0.2, -0.15) is 0 Å². The lowest BCUT2D eigenvalue weighted by Gasteiger charge is -2.08. The summed E-state index contributed by atoms with van der Waals surface area (Å²) in [5.41, 5.74) is 1.45. The average molecular weight is 289 g/mol. The molecule has 0 unspecified atom stereocenters. The summed E-state index contributed by atoms with van der Waals surface area (Å²) in [6.45, 7) is 1.17. The SMILES string of the molecule is CN(C)CCCc1ccc(I)cc1. The number of halogens is 1. The molecule has 0 aromatic heterocycles.